The normalized spacial score (nSPS) is 14.7. The number of carbonyl (C=O) groups is 1. The summed E-state index contributed by atoms with van der Waals surface area (Å²) in [6, 6.07) is 2.56. The summed E-state index contributed by atoms with van der Waals surface area (Å²) >= 11 is 5.86. The molecule has 0 spiro atoms. The molecule has 20 heavy (non-hydrogen) atoms. The summed E-state index contributed by atoms with van der Waals surface area (Å²) in [5.41, 5.74) is 5.28. The molecule has 0 aliphatic heterocycles. The molecule has 0 unspecified atom stereocenters. The second-order valence-electron chi connectivity index (χ2n) is 5.13. The number of nitro groups is 1. The summed E-state index contributed by atoms with van der Waals surface area (Å²) in [5, 5.41) is 10.9. The van der Waals surface area contributed by atoms with E-state index in [1.807, 2.05) is 0 Å². The highest BCUT2D eigenvalue weighted by atomic mass is 35.5. The minimum Gasteiger partial charge on any atom is -0.392 e. The van der Waals surface area contributed by atoms with Gasteiger partial charge in [0.1, 0.15) is 5.69 Å². The highest BCUT2D eigenvalue weighted by Crippen LogP contribution is 2.32. The lowest BCUT2D eigenvalue weighted by Gasteiger charge is -2.30. The standard InChI is InChI=1S/C13H16ClN3O3/c1-16(7-8-3-2-4-8)13(18)9-5-10(14)12(15)11(6-9)17(19)20/h5-6,8H,2-4,7,15H2,1H3. The minimum atomic E-state index is -0.635. The zero-order chi connectivity index (χ0) is 14.9. The predicted octanol–water partition coefficient (Wildman–Crippen LogP) is 2.70. The number of nitro benzene ring substituents is 1. The Morgan fingerprint density at radius 2 is 2.20 bits per heavy atom. The monoisotopic (exact) mass is 297 g/mol. The molecule has 6 nitrogen and oxygen atoms in total. The van der Waals surface area contributed by atoms with Gasteiger partial charge in [0.2, 0.25) is 0 Å². The average molecular weight is 298 g/mol. The number of hydrogen-bond donors (Lipinski definition) is 1. The number of rotatable bonds is 4. The van der Waals surface area contributed by atoms with E-state index >= 15 is 0 Å². The van der Waals surface area contributed by atoms with Gasteiger partial charge < -0.3 is 10.6 Å². The van der Waals surface area contributed by atoms with Gasteiger partial charge in [-0.1, -0.05) is 18.0 Å². The van der Waals surface area contributed by atoms with Crippen molar-refractivity contribution in [1.29, 1.82) is 0 Å². The highest BCUT2D eigenvalue weighted by molar-refractivity contribution is 6.34. The Hall–Kier alpha value is -1.82. The Morgan fingerprint density at radius 3 is 2.70 bits per heavy atom. The number of carbonyl (C=O) groups excluding carboxylic acids is 1. The maximum atomic E-state index is 12.3. The number of anilines is 1. The zero-order valence-electron chi connectivity index (χ0n) is 11.1. The van der Waals surface area contributed by atoms with Crippen molar-refractivity contribution in [2.75, 3.05) is 19.3 Å². The van der Waals surface area contributed by atoms with Crippen LogP contribution in [-0.2, 0) is 0 Å². The van der Waals surface area contributed by atoms with Gasteiger partial charge in [-0.3, -0.25) is 14.9 Å². The molecule has 1 aromatic carbocycles. The Balaban J connectivity index is 2.22. The molecule has 1 amide bonds. The topological polar surface area (TPSA) is 89.5 Å². The molecule has 0 heterocycles. The Bertz CT molecular complexity index is 558. The Morgan fingerprint density at radius 1 is 1.55 bits per heavy atom. The first kappa shape index (κ1) is 14.6. The second-order valence-corrected chi connectivity index (χ2v) is 5.54. The highest BCUT2D eigenvalue weighted by Gasteiger charge is 2.24. The number of amides is 1. The summed E-state index contributed by atoms with van der Waals surface area (Å²) in [6.45, 7) is 0.661. The van der Waals surface area contributed by atoms with Crippen LogP contribution in [0.3, 0.4) is 0 Å². The van der Waals surface area contributed by atoms with Crippen molar-refractivity contribution in [2.24, 2.45) is 5.92 Å². The van der Waals surface area contributed by atoms with E-state index in [2.05, 4.69) is 0 Å². The maximum Gasteiger partial charge on any atom is 0.294 e. The van der Waals surface area contributed by atoms with Crippen molar-refractivity contribution in [1.82, 2.24) is 4.90 Å². The number of nitrogens with zero attached hydrogens (tertiary/aromatic N) is 2. The molecular weight excluding hydrogens is 282 g/mol. The fourth-order valence-corrected chi connectivity index (χ4v) is 2.46. The fourth-order valence-electron chi connectivity index (χ4n) is 2.24. The molecule has 2 rings (SSSR count). The van der Waals surface area contributed by atoms with E-state index in [1.165, 1.54) is 18.6 Å². The largest absolute Gasteiger partial charge is 0.392 e. The summed E-state index contributed by atoms with van der Waals surface area (Å²) in [4.78, 5) is 24.1. The first-order valence-electron chi connectivity index (χ1n) is 6.39. The third kappa shape index (κ3) is 2.85. The molecule has 1 aliphatic carbocycles. The van der Waals surface area contributed by atoms with Gasteiger partial charge in [-0.15, -0.1) is 0 Å². The van der Waals surface area contributed by atoms with Crippen LogP contribution in [0.4, 0.5) is 11.4 Å². The number of benzene rings is 1. The molecule has 1 saturated carbocycles. The van der Waals surface area contributed by atoms with E-state index in [1.54, 1.807) is 11.9 Å². The maximum absolute atomic E-state index is 12.3. The van der Waals surface area contributed by atoms with Crippen molar-refractivity contribution < 1.29 is 9.72 Å². The summed E-state index contributed by atoms with van der Waals surface area (Å²) in [5.74, 6) is 0.255. The van der Waals surface area contributed by atoms with E-state index in [9.17, 15) is 14.9 Å². The van der Waals surface area contributed by atoms with Crippen LogP contribution < -0.4 is 5.73 Å². The van der Waals surface area contributed by atoms with E-state index in [4.69, 9.17) is 17.3 Å². The Kier molecular flexibility index (Phi) is 4.13. The molecule has 0 saturated heterocycles. The second kappa shape index (κ2) is 5.66. The van der Waals surface area contributed by atoms with Crippen LogP contribution >= 0.6 is 11.6 Å². The quantitative estimate of drug-likeness (QED) is 0.525. The lowest BCUT2D eigenvalue weighted by atomic mass is 9.85. The third-order valence-electron chi connectivity index (χ3n) is 3.65. The lowest BCUT2D eigenvalue weighted by molar-refractivity contribution is -0.383. The van der Waals surface area contributed by atoms with Crippen LogP contribution in [0.2, 0.25) is 5.02 Å². The van der Waals surface area contributed by atoms with Crippen molar-refractivity contribution in [2.45, 2.75) is 19.3 Å². The molecule has 1 aromatic rings. The van der Waals surface area contributed by atoms with E-state index in [-0.39, 0.29) is 27.9 Å². The van der Waals surface area contributed by atoms with Gasteiger partial charge in [0.25, 0.3) is 11.6 Å². The molecule has 0 atom stereocenters. The van der Waals surface area contributed by atoms with Crippen molar-refractivity contribution >= 4 is 28.9 Å². The molecule has 7 heteroatoms. The van der Waals surface area contributed by atoms with Crippen LogP contribution in [0.15, 0.2) is 12.1 Å². The number of nitrogens with two attached hydrogens (primary N) is 1. The van der Waals surface area contributed by atoms with Crippen molar-refractivity contribution in [3.05, 3.63) is 32.8 Å². The molecule has 0 aromatic heterocycles. The van der Waals surface area contributed by atoms with Crippen LogP contribution in [0.1, 0.15) is 29.6 Å². The van der Waals surface area contributed by atoms with Crippen LogP contribution in [0.5, 0.6) is 0 Å². The van der Waals surface area contributed by atoms with Gasteiger partial charge in [-0.2, -0.15) is 0 Å². The average Bonchev–Trinajstić information content (AvgIpc) is 2.35. The van der Waals surface area contributed by atoms with Crippen LogP contribution in [0.25, 0.3) is 0 Å². The number of nitrogen functional groups attached to an aromatic ring is 1. The van der Waals surface area contributed by atoms with Crippen LogP contribution in [0, 0.1) is 16.0 Å². The fraction of sp³-hybridized carbons (Fsp3) is 0.462. The van der Waals surface area contributed by atoms with Crippen LogP contribution in [-0.4, -0.2) is 29.3 Å². The zero-order valence-corrected chi connectivity index (χ0v) is 11.9. The Labute approximate surface area is 121 Å². The number of halogens is 1. The summed E-state index contributed by atoms with van der Waals surface area (Å²) in [7, 11) is 1.69. The predicted molar refractivity (Wildman–Crippen MR) is 76.8 cm³/mol. The molecule has 1 aliphatic rings. The lowest BCUT2D eigenvalue weighted by Crippen LogP contribution is -2.34. The van der Waals surface area contributed by atoms with Gasteiger partial charge in [0, 0.05) is 25.2 Å². The van der Waals surface area contributed by atoms with E-state index in [0.29, 0.717) is 12.5 Å². The third-order valence-corrected chi connectivity index (χ3v) is 3.97. The summed E-state index contributed by atoms with van der Waals surface area (Å²) < 4.78 is 0. The van der Waals surface area contributed by atoms with Gasteiger partial charge in [0.05, 0.1) is 9.95 Å². The van der Waals surface area contributed by atoms with E-state index < -0.39 is 4.92 Å². The molecule has 1 fully saturated rings. The van der Waals surface area contributed by atoms with Crippen molar-refractivity contribution in [3.63, 3.8) is 0 Å². The molecular formula is C13H16ClN3O3. The van der Waals surface area contributed by atoms with Gasteiger partial charge >= 0.3 is 0 Å². The van der Waals surface area contributed by atoms with Gasteiger partial charge in [-0.25, -0.2) is 0 Å². The van der Waals surface area contributed by atoms with Gasteiger partial charge in [-0.05, 0) is 24.8 Å². The van der Waals surface area contributed by atoms with E-state index in [0.717, 1.165) is 12.8 Å². The number of hydrogen-bond acceptors (Lipinski definition) is 4. The first-order valence-corrected chi connectivity index (χ1v) is 6.76. The van der Waals surface area contributed by atoms with Gasteiger partial charge in [0.15, 0.2) is 0 Å². The molecule has 0 radical (unpaired) electrons. The minimum absolute atomic E-state index is 0.0274. The SMILES string of the molecule is CN(CC1CCC1)C(=O)c1cc(Cl)c(N)c([N+](=O)[O-])c1. The molecule has 2 N–H and O–H groups in total. The first-order chi connectivity index (χ1) is 9.40. The smallest absolute Gasteiger partial charge is 0.294 e. The van der Waals surface area contributed by atoms with Crippen molar-refractivity contribution in [3.8, 4) is 0 Å². The summed E-state index contributed by atoms with van der Waals surface area (Å²) in [6.07, 6.45) is 3.45. The molecule has 0 bridgehead atoms. The molecule has 108 valence electrons.